The minimum absolute atomic E-state index is 0.579. The van der Waals surface area contributed by atoms with Crippen molar-refractivity contribution >= 4 is 11.8 Å². The highest BCUT2D eigenvalue weighted by atomic mass is 32.2. The van der Waals surface area contributed by atoms with E-state index in [2.05, 4.69) is 42.9 Å². The Labute approximate surface area is 102 Å². The molecule has 1 atom stereocenters. The summed E-state index contributed by atoms with van der Waals surface area (Å²) in [6, 6.07) is 4.88. The van der Waals surface area contributed by atoms with Gasteiger partial charge in [0.05, 0.1) is 0 Å². The van der Waals surface area contributed by atoms with Crippen LogP contribution in [-0.4, -0.2) is 28.7 Å². The molecule has 0 aromatic carbocycles. The van der Waals surface area contributed by atoms with Crippen LogP contribution in [0.2, 0.25) is 0 Å². The van der Waals surface area contributed by atoms with Crippen LogP contribution >= 0.6 is 11.8 Å². The number of rotatable bonds is 3. The van der Waals surface area contributed by atoms with E-state index in [4.69, 9.17) is 0 Å². The van der Waals surface area contributed by atoms with Crippen LogP contribution < -0.4 is 0 Å². The summed E-state index contributed by atoms with van der Waals surface area (Å²) in [6.45, 7) is 5.66. The van der Waals surface area contributed by atoms with E-state index in [0.29, 0.717) is 11.3 Å². The van der Waals surface area contributed by atoms with Crippen molar-refractivity contribution in [3.8, 4) is 0 Å². The predicted octanol–water partition coefficient (Wildman–Crippen LogP) is 3.35. The molecule has 1 aromatic rings. The average Bonchev–Trinajstić information content (AvgIpc) is 2.64. The molecule has 2 heterocycles. The summed E-state index contributed by atoms with van der Waals surface area (Å²) in [5, 5.41) is 1.82. The largest absolute Gasteiger partial charge is 0.299 e. The molecule has 0 radical (unpaired) electrons. The van der Waals surface area contributed by atoms with Gasteiger partial charge in [-0.2, -0.15) is 0 Å². The van der Waals surface area contributed by atoms with Gasteiger partial charge in [-0.15, -0.1) is 11.8 Å². The topological polar surface area (TPSA) is 16.1 Å². The molecule has 3 heteroatoms. The number of hydrogen-bond donors (Lipinski definition) is 0. The quantitative estimate of drug-likeness (QED) is 0.749. The van der Waals surface area contributed by atoms with Crippen molar-refractivity contribution in [1.29, 1.82) is 0 Å². The van der Waals surface area contributed by atoms with E-state index < -0.39 is 0 Å². The number of nitrogens with zero attached hydrogens (tertiary/aromatic N) is 2. The highest BCUT2D eigenvalue weighted by molar-refractivity contribution is 7.99. The third-order valence-corrected chi connectivity index (χ3v) is 4.06. The Hall–Kier alpha value is -0.540. The number of thioether (sulfide) groups is 1. The first kappa shape index (κ1) is 11.9. The summed E-state index contributed by atoms with van der Waals surface area (Å²) >= 11 is 1.88. The van der Waals surface area contributed by atoms with E-state index >= 15 is 0 Å². The molecule has 1 aromatic heterocycles. The molecule has 2 nitrogen and oxygen atoms in total. The van der Waals surface area contributed by atoms with E-state index in [1.807, 2.05) is 18.0 Å². The number of aromatic nitrogens is 1. The van der Waals surface area contributed by atoms with Gasteiger partial charge in [-0.1, -0.05) is 19.9 Å². The number of hydrogen-bond acceptors (Lipinski definition) is 3. The molecule has 0 amide bonds. The first-order valence-electron chi connectivity index (χ1n) is 6.00. The summed E-state index contributed by atoms with van der Waals surface area (Å²) < 4.78 is 0. The van der Waals surface area contributed by atoms with E-state index in [1.165, 1.54) is 30.0 Å². The average molecular weight is 236 g/mol. The summed E-state index contributed by atoms with van der Waals surface area (Å²) in [6.07, 6.45) is 4.48. The first-order chi connectivity index (χ1) is 7.68. The van der Waals surface area contributed by atoms with E-state index in [1.54, 1.807) is 0 Å². The smallest absolute Gasteiger partial charge is 0.101 e. The van der Waals surface area contributed by atoms with Crippen LogP contribution in [0.4, 0.5) is 0 Å². The zero-order valence-corrected chi connectivity index (χ0v) is 11.1. The molecule has 0 N–H and O–H groups in total. The van der Waals surface area contributed by atoms with Crippen molar-refractivity contribution in [2.75, 3.05) is 13.6 Å². The van der Waals surface area contributed by atoms with Gasteiger partial charge in [0.15, 0.2) is 0 Å². The van der Waals surface area contributed by atoms with Crippen molar-refractivity contribution in [3.05, 3.63) is 23.9 Å². The lowest BCUT2D eigenvalue weighted by Crippen LogP contribution is -2.18. The van der Waals surface area contributed by atoms with Gasteiger partial charge in [-0.05, 0) is 32.5 Å². The van der Waals surface area contributed by atoms with Crippen LogP contribution in [0.25, 0.3) is 0 Å². The molecule has 2 rings (SSSR count). The molecule has 0 spiro atoms. The second-order valence-corrected chi connectivity index (χ2v) is 6.27. The molecule has 88 valence electrons. The van der Waals surface area contributed by atoms with Gasteiger partial charge in [-0.25, -0.2) is 4.98 Å². The molecule has 0 bridgehead atoms. The molecule has 0 aliphatic carbocycles. The summed E-state index contributed by atoms with van der Waals surface area (Å²) in [5.74, 6) is 0. The Morgan fingerprint density at radius 2 is 2.31 bits per heavy atom. The fourth-order valence-electron chi connectivity index (χ4n) is 2.28. The van der Waals surface area contributed by atoms with Crippen molar-refractivity contribution in [2.24, 2.45) is 0 Å². The number of likely N-dealkylation sites (tertiary alicyclic amines) is 1. The minimum Gasteiger partial charge on any atom is -0.299 e. The molecule has 1 aliphatic heterocycles. The van der Waals surface area contributed by atoms with Gasteiger partial charge < -0.3 is 0 Å². The summed E-state index contributed by atoms with van der Waals surface area (Å²) in [7, 11) is 2.22. The molecule has 1 saturated heterocycles. The highest BCUT2D eigenvalue weighted by Crippen LogP contribution is 2.36. The third kappa shape index (κ3) is 2.58. The van der Waals surface area contributed by atoms with Gasteiger partial charge in [0, 0.05) is 23.1 Å². The normalized spacial score (nSPS) is 21.9. The maximum absolute atomic E-state index is 4.53. The van der Waals surface area contributed by atoms with E-state index in [-0.39, 0.29) is 0 Å². The Morgan fingerprint density at radius 1 is 1.50 bits per heavy atom. The summed E-state index contributed by atoms with van der Waals surface area (Å²) in [4.78, 5) is 6.98. The maximum Gasteiger partial charge on any atom is 0.101 e. The zero-order valence-electron chi connectivity index (χ0n) is 10.3. The molecular formula is C13H20N2S. The lowest BCUT2D eigenvalue weighted by Gasteiger charge is -2.22. The maximum atomic E-state index is 4.53. The Morgan fingerprint density at radius 3 is 2.94 bits per heavy atom. The lowest BCUT2D eigenvalue weighted by atomic mass is 10.1. The van der Waals surface area contributed by atoms with Gasteiger partial charge >= 0.3 is 0 Å². The van der Waals surface area contributed by atoms with Gasteiger partial charge in [0.25, 0.3) is 0 Å². The Kier molecular flexibility index (Phi) is 3.87. The van der Waals surface area contributed by atoms with Crippen LogP contribution in [-0.2, 0) is 0 Å². The van der Waals surface area contributed by atoms with Crippen molar-refractivity contribution < 1.29 is 0 Å². The molecule has 0 saturated carbocycles. The fraction of sp³-hybridized carbons (Fsp3) is 0.615. The molecule has 1 fully saturated rings. The second kappa shape index (κ2) is 5.19. The number of pyridine rings is 1. The van der Waals surface area contributed by atoms with E-state index in [0.717, 1.165) is 0 Å². The zero-order chi connectivity index (χ0) is 11.5. The summed E-state index contributed by atoms with van der Waals surface area (Å²) in [5.41, 5.74) is 1.42. The Bertz CT molecular complexity index is 352. The van der Waals surface area contributed by atoms with Crippen LogP contribution in [0.3, 0.4) is 0 Å². The van der Waals surface area contributed by atoms with E-state index in [9.17, 15) is 0 Å². The van der Waals surface area contributed by atoms with Crippen LogP contribution in [0.1, 0.15) is 38.3 Å². The van der Waals surface area contributed by atoms with Crippen LogP contribution in [0.5, 0.6) is 0 Å². The van der Waals surface area contributed by atoms with Crippen molar-refractivity contribution in [2.45, 2.75) is 43.0 Å². The highest BCUT2D eigenvalue weighted by Gasteiger charge is 2.25. The monoisotopic (exact) mass is 236 g/mol. The molecular weight excluding hydrogens is 216 g/mol. The first-order valence-corrected chi connectivity index (χ1v) is 6.88. The van der Waals surface area contributed by atoms with Crippen molar-refractivity contribution in [3.63, 3.8) is 0 Å². The van der Waals surface area contributed by atoms with Crippen LogP contribution in [0.15, 0.2) is 23.4 Å². The van der Waals surface area contributed by atoms with Gasteiger partial charge in [0.2, 0.25) is 0 Å². The van der Waals surface area contributed by atoms with Crippen LogP contribution in [0, 0.1) is 0 Å². The predicted molar refractivity (Wildman–Crippen MR) is 69.8 cm³/mol. The molecule has 1 unspecified atom stereocenters. The minimum atomic E-state index is 0.579. The van der Waals surface area contributed by atoms with Gasteiger partial charge in [0.1, 0.15) is 5.03 Å². The molecule has 1 aliphatic rings. The Balaban J connectivity index is 2.25. The van der Waals surface area contributed by atoms with Crippen molar-refractivity contribution in [1.82, 2.24) is 9.88 Å². The lowest BCUT2D eigenvalue weighted by molar-refractivity contribution is 0.313. The standard InChI is InChI=1S/C13H20N2S/c1-10(2)16-13-11(6-4-8-14-13)12-7-5-9-15(12)3/h4,6,8,10,12H,5,7,9H2,1-3H3. The molecule has 16 heavy (non-hydrogen) atoms. The third-order valence-electron chi connectivity index (χ3n) is 3.03. The van der Waals surface area contributed by atoms with Gasteiger partial charge in [-0.3, -0.25) is 4.90 Å². The SMILES string of the molecule is CC(C)Sc1ncccc1C1CCCN1C. The second-order valence-electron chi connectivity index (χ2n) is 4.70. The fourth-order valence-corrected chi connectivity index (χ4v) is 3.19.